The fraction of sp³-hybridized carbons (Fsp3) is 0.474. The normalized spacial score (nSPS) is 13.6. The standard InChI is InChI=1S/C19H28N4O5S/c1-12(20)17(25)23-15(10-13-6-4-3-5-7-13)18(26)21-11-16(24)22-14(19(27)28)8-9-29-2/h3-7,12,14-15H,8-11,20H2,1-2H3,(H,21,26)(H,22,24)(H,23,25)(H,27,28). The van der Waals surface area contributed by atoms with E-state index in [-0.39, 0.29) is 12.8 Å². The molecular formula is C19H28N4O5S. The van der Waals surface area contributed by atoms with Gasteiger partial charge in [0.1, 0.15) is 12.1 Å². The molecule has 9 nitrogen and oxygen atoms in total. The molecule has 0 saturated carbocycles. The maximum atomic E-state index is 12.5. The summed E-state index contributed by atoms with van der Waals surface area (Å²) in [5.74, 6) is -2.23. The van der Waals surface area contributed by atoms with E-state index < -0.39 is 48.4 Å². The van der Waals surface area contributed by atoms with E-state index in [9.17, 15) is 19.2 Å². The van der Waals surface area contributed by atoms with Crippen LogP contribution in [0.1, 0.15) is 18.9 Å². The van der Waals surface area contributed by atoms with Crippen molar-refractivity contribution in [1.82, 2.24) is 16.0 Å². The number of carboxylic acid groups (broad SMARTS) is 1. The quantitative estimate of drug-likeness (QED) is 0.303. The first-order valence-corrected chi connectivity index (χ1v) is 10.5. The average Bonchev–Trinajstić information content (AvgIpc) is 2.69. The maximum absolute atomic E-state index is 12.5. The summed E-state index contributed by atoms with van der Waals surface area (Å²) in [7, 11) is 0. The van der Waals surface area contributed by atoms with E-state index in [4.69, 9.17) is 10.8 Å². The van der Waals surface area contributed by atoms with Gasteiger partial charge in [-0.05, 0) is 30.9 Å². The molecule has 0 heterocycles. The van der Waals surface area contributed by atoms with Gasteiger partial charge in [0, 0.05) is 6.42 Å². The zero-order valence-corrected chi connectivity index (χ0v) is 17.3. The highest BCUT2D eigenvalue weighted by Gasteiger charge is 2.24. The van der Waals surface area contributed by atoms with Crippen molar-refractivity contribution >= 4 is 35.5 Å². The lowest BCUT2D eigenvalue weighted by atomic mass is 10.0. The minimum Gasteiger partial charge on any atom is -0.480 e. The molecule has 0 bridgehead atoms. The molecule has 3 unspecified atom stereocenters. The van der Waals surface area contributed by atoms with Crippen molar-refractivity contribution in [3.8, 4) is 0 Å². The fourth-order valence-electron chi connectivity index (χ4n) is 2.39. The van der Waals surface area contributed by atoms with Crippen molar-refractivity contribution in [2.75, 3.05) is 18.6 Å². The summed E-state index contributed by atoms with van der Waals surface area (Å²) in [6, 6.07) is 6.34. The lowest BCUT2D eigenvalue weighted by Gasteiger charge is -2.20. The molecule has 1 rings (SSSR count). The van der Waals surface area contributed by atoms with Crippen molar-refractivity contribution in [2.24, 2.45) is 5.73 Å². The number of nitrogens with two attached hydrogens (primary N) is 1. The van der Waals surface area contributed by atoms with Crippen LogP contribution in [0, 0.1) is 0 Å². The van der Waals surface area contributed by atoms with Gasteiger partial charge in [-0.15, -0.1) is 0 Å². The molecule has 160 valence electrons. The second-order valence-corrected chi connectivity index (χ2v) is 7.48. The Labute approximate surface area is 174 Å². The van der Waals surface area contributed by atoms with Crippen molar-refractivity contribution in [3.05, 3.63) is 35.9 Å². The molecule has 3 amide bonds. The summed E-state index contributed by atoms with van der Waals surface area (Å²) in [5, 5.41) is 16.6. The number of amides is 3. The van der Waals surface area contributed by atoms with Crippen LogP contribution < -0.4 is 21.7 Å². The molecule has 1 aromatic rings. The molecule has 0 saturated heterocycles. The van der Waals surface area contributed by atoms with Crippen molar-refractivity contribution in [2.45, 2.75) is 37.9 Å². The van der Waals surface area contributed by atoms with Gasteiger partial charge in [0.05, 0.1) is 12.6 Å². The average molecular weight is 425 g/mol. The van der Waals surface area contributed by atoms with Crippen LogP contribution in [0.15, 0.2) is 30.3 Å². The second-order valence-electron chi connectivity index (χ2n) is 6.50. The highest BCUT2D eigenvalue weighted by molar-refractivity contribution is 7.98. The molecule has 0 aliphatic carbocycles. The van der Waals surface area contributed by atoms with Crippen LogP contribution >= 0.6 is 11.8 Å². The Bertz CT molecular complexity index is 699. The lowest BCUT2D eigenvalue weighted by Crippen LogP contribution is -2.53. The Morgan fingerprint density at radius 2 is 1.72 bits per heavy atom. The van der Waals surface area contributed by atoms with Crippen LogP contribution in [0.3, 0.4) is 0 Å². The summed E-state index contributed by atoms with van der Waals surface area (Å²) in [6.45, 7) is 1.10. The third kappa shape index (κ3) is 9.44. The van der Waals surface area contributed by atoms with Crippen LogP contribution in [0.2, 0.25) is 0 Å². The largest absolute Gasteiger partial charge is 0.480 e. The summed E-state index contributed by atoms with van der Waals surface area (Å²) in [4.78, 5) is 47.7. The summed E-state index contributed by atoms with van der Waals surface area (Å²) in [6.07, 6.45) is 2.33. The van der Waals surface area contributed by atoms with Crippen LogP contribution in [0.5, 0.6) is 0 Å². The van der Waals surface area contributed by atoms with E-state index >= 15 is 0 Å². The predicted molar refractivity (Wildman–Crippen MR) is 111 cm³/mol. The number of carboxylic acids is 1. The first-order valence-electron chi connectivity index (χ1n) is 9.13. The molecule has 10 heteroatoms. The van der Waals surface area contributed by atoms with Gasteiger partial charge in [0.25, 0.3) is 0 Å². The molecule has 0 aliphatic rings. The van der Waals surface area contributed by atoms with Gasteiger partial charge in [0.15, 0.2) is 0 Å². The first kappa shape index (κ1) is 24.4. The Hall–Kier alpha value is -2.59. The maximum Gasteiger partial charge on any atom is 0.326 e. The highest BCUT2D eigenvalue weighted by atomic mass is 32.2. The number of rotatable bonds is 12. The second kappa shape index (κ2) is 12.8. The number of thioether (sulfide) groups is 1. The third-order valence-corrected chi connectivity index (χ3v) is 4.64. The van der Waals surface area contributed by atoms with Crippen molar-refractivity contribution in [1.29, 1.82) is 0 Å². The van der Waals surface area contributed by atoms with E-state index in [0.717, 1.165) is 5.56 Å². The molecule has 0 aliphatic heterocycles. The summed E-state index contributed by atoms with van der Waals surface area (Å²) >= 11 is 1.47. The molecule has 0 radical (unpaired) electrons. The predicted octanol–water partition coefficient (Wildman–Crippen LogP) is -0.500. The minimum atomic E-state index is -1.13. The topological polar surface area (TPSA) is 151 Å². The number of hydrogen-bond acceptors (Lipinski definition) is 6. The van der Waals surface area contributed by atoms with E-state index in [0.29, 0.717) is 5.75 Å². The SMILES string of the molecule is CSCCC(NC(=O)CNC(=O)C(Cc1ccccc1)NC(=O)C(C)N)C(=O)O. The van der Waals surface area contributed by atoms with Crippen molar-refractivity contribution in [3.63, 3.8) is 0 Å². The zero-order valence-electron chi connectivity index (χ0n) is 16.5. The van der Waals surface area contributed by atoms with Gasteiger partial charge in [0.2, 0.25) is 17.7 Å². The Kier molecular flexibility index (Phi) is 10.8. The van der Waals surface area contributed by atoms with Crippen molar-refractivity contribution < 1.29 is 24.3 Å². The van der Waals surface area contributed by atoms with Crippen LogP contribution in [-0.2, 0) is 25.6 Å². The monoisotopic (exact) mass is 424 g/mol. The zero-order chi connectivity index (χ0) is 21.8. The van der Waals surface area contributed by atoms with E-state index in [1.807, 2.05) is 36.6 Å². The molecule has 0 spiro atoms. The Morgan fingerprint density at radius 1 is 1.07 bits per heavy atom. The highest BCUT2D eigenvalue weighted by Crippen LogP contribution is 2.04. The molecular weight excluding hydrogens is 396 g/mol. The molecule has 0 aromatic heterocycles. The number of nitrogens with one attached hydrogen (secondary N) is 3. The molecule has 3 atom stereocenters. The molecule has 1 aromatic carbocycles. The smallest absolute Gasteiger partial charge is 0.326 e. The van der Waals surface area contributed by atoms with Gasteiger partial charge >= 0.3 is 5.97 Å². The first-order chi connectivity index (χ1) is 13.7. The van der Waals surface area contributed by atoms with Gasteiger partial charge in [-0.25, -0.2) is 4.79 Å². The van der Waals surface area contributed by atoms with Crippen LogP contribution in [-0.4, -0.2) is 65.5 Å². The number of hydrogen-bond donors (Lipinski definition) is 5. The van der Waals surface area contributed by atoms with E-state index in [1.54, 1.807) is 0 Å². The van der Waals surface area contributed by atoms with Gasteiger partial charge in [-0.2, -0.15) is 11.8 Å². The summed E-state index contributed by atoms with van der Waals surface area (Å²) in [5.41, 5.74) is 6.38. The van der Waals surface area contributed by atoms with Gasteiger partial charge in [-0.1, -0.05) is 30.3 Å². The van der Waals surface area contributed by atoms with Gasteiger partial charge < -0.3 is 26.8 Å². The molecule has 29 heavy (non-hydrogen) atoms. The number of carbonyl (C=O) groups is 4. The molecule has 6 N–H and O–H groups in total. The van der Waals surface area contributed by atoms with E-state index in [1.165, 1.54) is 18.7 Å². The van der Waals surface area contributed by atoms with E-state index in [2.05, 4.69) is 16.0 Å². The third-order valence-electron chi connectivity index (χ3n) is 4.00. The lowest BCUT2D eigenvalue weighted by molar-refractivity contribution is -0.141. The number of aliphatic carboxylic acids is 1. The van der Waals surface area contributed by atoms with Gasteiger partial charge in [-0.3, -0.25) is 14.4 Å². The minimum absolute atomic E-state index is 0.220. The fourth-order valence-corrected chi connectivity index (χ4v) is 2.86. The molecule has 0 fully saturated rings. The Morgan fingerprint density at radius 3 is 2.28 bits per heavy atom. The number of benzene rings is 1. The number of carbonyl (C=O) groups excluding carboxylic acids is 3. The van der Waals surface area contributed by atoms with Crippen LogP contribution in [0.25, 0.3) is 0 Å². The van der Waals surface area contributed by atoms with Crippen LogP contribution in [0.4, 0.5) is 0 Å². The summed E-state index contributed by atoms with van der Waals surface area (Å²) < 4.78 is 0. The Balaban J connectivity index is 2.69.